The first-order valence-corrected chi connectivity index (χ1v) is 9.65. The number of ether oxygens (including phenoxy) is 1. The van der Waals surface area contributed by atoms with E-state index >= 15 is 0 Å². The lowest BCUT2D eigenvalue weighted by atomic mass is 9.54. The number of hydrogen-bond acceptors (Lipinski definition) is 3. The highest BCUT2D eigenvalue weighted by Crippen LogP contribution is 2.60. The van der Waals surface area contributed by atoms with Gasteiger partial charge in [-0.3, -0.25) is 0 Å². The van der Waals surface area contributed by atoms with Gasteiger partial charge in [0.05, 0.1) is 6.10 Å². The standard InChI is InChI=1S/C19H34N2O3/c1-18(2,3)13-21(10-6-11-22)17(23)20-15-14-7-12-24-16(14)19(15)8-4-5-9-19/h14-16,22H,4-13H2,1-3H3,(H,20,23). The van der Waals surface area contributed by atoms with E-state index in [9.17, 15) is 4.79 Å². The Bertz CT molecular complexity index is 454. The van der Waals surface area contributed by atoms with Gasteiger partial charge in [-0.25, -0.2) is 4.79 Å². The summed E-state index contributed by atoms with van der Waals surface area (Å²) in [7, 11) is 0. The molecule has 0 aromatic heterocycles. The molecule has 24 heavy (non-hydrogen) atoms. The number of hydrogen-bond donors (Lipinski definition) is 2. The van der Waals surface area contributed by atoms with Gasteiger partial charge < -0.3 is 20.1 Å². The largest absolute Gasteiger partial charge is 0.396 e. The van der Waals surface area contributed by atoms with Crippen molar-refractivity contribution < 1.29 is 14.6 Å². The SMILES string of the molecule is CC(C)(C)CN(CCCO)C(=O)NC1C2CCOC2C12CCCC2. The topological polar surface area (TPSA) is 61.8 Å². The number of aliphatic hydroxyl groups is 1. The molecule has 0 aromatic carbocycles. The Morgan fingerprint density at radius 1 is 1.33 bits per heavy atom. The first-order chi connectivity index (χ1) is 11.4. The van der Waals surface area contributed by atoms with Crippen LogP contribution in [0.4, 0.5) is 4.79 Å². The Morgan fingerprint density at radius 2 is 2.04 bits per heavy atom. The molecule has 3 fully saturated rings. The van der Waals surface area contributed by atoms with E-state index in [2.05, 4.69) is 26.1 Å². The summed E-state index contributed by atoms with van der Waals surface area (Å²) in [5.41, 5.74) is 0.248. The minimum atomic E-state index is 0.0417. The average Bonchev–Trinajstić information content (AvgIpc) is 3.15. The fourth-order valence-corrected chi connectivity index (χ4v) is 5.22. The first kappa shape index (κ1) is 18.0. The zero-order valence-corrected chi connectivity index (χ0v) is 15.5. The number of carbonyl (C=O) groups excluding carboxylic acids is 1. The van der Waals surface area contributed by atoms with E-state index < -0.39 is 0 Å². The van der Waals surface area contributed by atoms with Crippen LogP contribution in [-0.4, -0.2) is 54.5 Å². The number of aliphatic hydroxyl groups excluding tert-OH is 1. The van der Waals surface area contributed by atoms with Gasteiger partial charge in [-0.1, -0.05) is 33.6 Å². The van der Waals surface area contributed by atoms with Crippen LogP contribution in [0.25, 0.3) is 0 Å². The molecule has 1 aliphatic heterocycles. The van der Waals surface area contributed by atoms with Crippen molar-refractivity contribution in [1.29, 1.82) is 0 Å². The predicted molar refractivity (Wildman–Crippen MR) is 93.8 cm³/mol. The lowest BCUT2D eigenvalue weighted by Crippen LogP contribution is -2.69. The van der Waals surface area contributed by atoms with Crippen LogP contribution in [0.5, 0.6) is 0 Å². The summed E-state index contributed by atoms with van der Waals surface area (Å²) < 4.78 is 6.01. The smallest absolute Gasteiger partial charge is 0.317 e. The third-order valence-electron chi connectivity index (χ3n) is 6.10. The van der Waals surface area contributed by atoms with Gasteiger partial charge in [0.2, 0.25) is 0 Å². The van der Waals surface area contributed by atoms with Crippen molar-refractivity contribution >= 4 is 6.03 Å². The van der Waals surface area contributed by atoms with Crippen molar-refractivity contribution in [2.45, 2.75) is 71.4 Å². The number of nitrogens with one attached hydrogen (secondary N) is 1. The van der Waals surface area contributed by atoms with Crippen LogP contribution in [0.1, 0.15) is 59.3 Å². The minimum Gasteiger partial charge on any atom is -0.396 e. The van der Waals surface area contributed by atoms with Gasteiger partial charge in [0.15, 0.2) is 0 Å². The summed E-state index contributed by atoms with van der Waals surface area (Å²) in [5.74, 6) is 0.501. The van der Waals surface area contributed by atoms with Gasteiger partial charge in [0, 0.05) is 43.7 Å². The molecule has 0 aromatic rings. The molecule has 3 rings (SSSR count). The van der Waals surface area contributed by atoms with E-state index in [1.54, 1.807) is 0 Å². The molecule has 5 nitrogen and oxygen atoms in total. The molecular weight excluding hydrogens is 304 g/mol. The summed E-state index contributed by atoms with van der Waals surface area (Å²) in [4.78, 5) is 14.8. The maximum absolute atomic E-state index is 13.0. The van der Waals surface area contributed by atoms with Crippen LogP contribution in [0, 0.1) is 16.7 Å². The second-order valence-electron chi connectivity index (χ2n) is 9.17. The highest BCUT2D eigenvalue weighted by Gasteiger charge is 2.65. The van der Waals surface area contributed by atoms with E-state index in [1.807, 2.05) is 4.90 Å². The van der Waals surface area contributed by atoms with Crippen molar-refractivity contribution in [1.82, 2.24) is 10.2 Å². The van der Waals surface area contributed by atoms with Gasteiger partial charge in [0.25, 0.3) is 0 Å². The molecule has 1 spiro atoms. The Morgan fingerprint density at radius 3 is 2.67 bits per heavy atom. The lowest BCUT2D eigenvalue weighted by molar-refractivity contribution is -0.127. The van der Waals surface area contributed by atoms with Crippen LogP contribution in [0.15, 0.2) is 0 Å². The molecule has 2 saturated carbocycles. The van der Waals surface area contributed by atoms with Crippen molar-refractivity contribution in [2.75, 3.05) is 26.3 Å². The van der Waals surface area contributed by atoms with Gasteiger partial charge >= 0.3 is 6.03 Å². The highest BCUT2D eigenvalue weighted by atomic mass is 16.5. The molecule has 1 saturated heterocycles. The lowest BCUT2D eigenvalue weighted by Gasteiger charge is -2.57. The van der Waals surface area contributed by atoms with Crippen molar-refractivity contribution in [2.24, 2.45) is 16.7 Å². The minimum absolute atomic E-state index is 0.0417. The van der Waals surface area contributed by atoms with Crippen LogP contribution in [0.3, 0.4) is 0 Å². The maximum Gasteiger partial charge on any atom is 0.317 e. The van der Waals surface area contributed by atoms with Crippen LogP contribution >= 0.6 is 0 Å². The summed E-state index contributed by atoms with van der Waals surface area (Å²) in [6.45, 7) is 8.74. The molecule has 3 atom stereocenters. The molecular formula is C19H34N2O3. The molecule has 1 heterocycles. The number of urea groups is 1. The summed E-state index contributed by atoms with van der Waals surface area (Å²) in [6, 6.07) is 0.316. The maximum atomic E-state index is 13.0. The van der Waals surface area contributed by atoms with Gasteiger partial charge in [-0.05, 0) is 31.1 Å². The third-order valence-corrected chi connectivity index (χ3v) is 6.10. The van der Waals surface area contributed by atoms with E-state index in [-0.39, 0.29) is 29.5 Å². The molecule has 2 amide bonds. The van der Waals surface area contributed by atoms with Crippen LogP contribution in [-0.2, 0) is 4.74 Å². The van der Waals surface area contributed by atoms with Gasteiger partial charge in [-0.2, -0.15) is 0 Å². The van der Waals surface area contributed by atoms with Gasteiger partial charge in [0.1, 0.15) is 0 Å². The molecule has 2 N–H and O–H groups in total. The zero-order valence-electron chi connectivity index (χ0n) is 15.5. The second-order valence-corrected chi connectivity index (χ2v) is 9.17. The monoisotopic (exact) mass is 338 g/mol. The molecule has 3 unspecified atom stereocenters. The second kappa shape index (κ2) is 6.83. The third kappa shape index (κ3) is 3.30. The summed E-state index contributed by atoms with van der Waals surface area (Å²) in [5, 5.41) is 12.5. The van der Waals surface area contributed by atoms with E-state index in [0.717, 1.165) is 13.0 Å². The van der Waals surface area contributed by atoms with E-state index in [4.69, 9.17) is 9.84 Å². The van der Waals surface area contributed by atoms with E-state index in [0.29, 0.717) is 31.5 Å². The Labute approximate surface area is 146 Å². The Hall–Kier alpha value is -0.810. The van der Waals surface area contributed by atoms with Crippen LogP contribution in [0.2, 0.25) is 0 Å². The van der Waals surface area contributed by atoms with Crippen molar-refractivity contribution in [3.63, 3.8) is 0 Å². The molecule has 0 bridgehead atoms. The fraction of sp³-hybridized carbons (Fsp3) is 0.947. The number of amides is 2. The van der Waals surface area contributed by atoms with Crippen molar-refractivity contribution in [3.8, 4) is 0 Å². The Balaban J connectivity index is 1.67. The number of rotatable bonds is 5. The highest BCUT2D eigenvalue weighted by molar-refractivity contribution is 5.75. The van der Waals surface area contributed by atoms with Crippen molar-refractivity contribution in [3.05, 3.63) is 0 Å². The molecule has 0 radical (unpaired) electrons. The number of carbonyl (C=O) groups is 1. The number of fused-ring (bicyclic) bond motifs is 2. The molecule has 138 valence electrons. The normalized spacial score (nSPS) is 30.9. The quantitative estimate of drug-likeness (QED) is 0.810. The zero-order chi connectivity index (χ0) is 17.4. The summed E-state index contributed by atoms with van der Waals surface area (Å²) >= 11 is 0. The number of nitrogens with zero attached hydrogens (tertiary/aromatic N) is 1. The van der Waals surface area contributed by atoms with E-state index in [1.165, 1.54) is 25.7 Å². The predicted octanol–water partition coefficient (Wildman–Crippen LogP) is 2.77. The molecule has 3 aliphatic rings. The van der Waals surface area contributed by atoms with Crippen LogP contribution < -0.4 is 5.32 Å². The average molecular weight is 338 g/mol. The Kier molecular flexibility index (Phi) is 5.12. The van der Waals surface area contributed by atoms with Gasteiger partial charge in [-0.15, -0.1) is 0 Å². The molecule has 5 heteroatoms. The molecule has 2 aliphatic carbocycles. The fourth-order valence-electron chi connectivity index (χ4n) is 5.22. The first-order valence-electron chi connectivity index (χ1n) is 9.65. The summed E-state index contributed by atoms with van der Waals surface area (Å²) in [6.07, 6.45) is 6.98.